The van der Waals surface area contributed by atoms with Crippen molar-refractivity contribution >= 4 is 27.0 Å². The van der Waals surface area contributed by atoms with E-state index >= 15 is 0 Å². The second-order valence-electron chi connectivity index (χ2n) is 4.00. The van der Waals surface area contributed by atoms with E-state index in [4.69, 9.17) is 0 Å². The van der Waals surface area contributed by atoms with Crippen LogP contribution in [0.15, 0.2) is 40.7 Å². The number of sulfone groups is 1. The van der Waals surface area contributed by atoms with E-state index in [9.17, 15) is 8.42 Å². The first-order chi connectivity index (χ1) is 8.48. The van der Waals surface area contributed by atoms with Crippen LogP contribution in [0.1, 0.15) is 17.8 Å². The van der Waals surface area contributed by atoms with Gasteiger partial charge >= 0.3 is 0 Å². The quantitative estimate of drug-likeness (QED) is 0.936. The molecule has 0 spiro atoms. The minimum absolute atomic E-state index is 0.0281. The van der Waals surface area contributed by atoms with Crippen molar-refractivity contribution in [3.05, 3.63) is 40.7 Å². The summed E-state index contributed by atoms with van der Waals surface area (Å²) in [4.78, 5) is 5.48. The molecular weight excluding hydrogens is 268 g/mol. The number of rotatable bonds is 4. The summed E-state index contributed by atoms with van der Waals surface area (Å²) in [5.41, 5.74) is 0. The van der Waals surface area contributed by atoms with Gasteiger partial charge in [-0.2, -0.15) is 0 Å². The topological polar surface area (TPSA) is 59.1 Å². The summed E-state index contributed by atoms with van der Waals surface area (Å²) in [6.45, 7) is 1.98. The van der Waals surface area contributed by atoms with Gasteiger partial charge in [0.15, 0.2) is 9.84 Å². The first kappa shape index (κ1) is 13.0. The minimum Gasteiger partial charge on any atom is -0.362 e. The summed E-state index contributed by atoms with van der Waals surface area (Å²) >= 11 is 1.62. The van der Waals surface area contributed by atoms with Gasteiger partial charge in [0.05, 0.1) is 6.04 Å². The molecule has 0 fully saturated rings. The van der Waals surface area contributed by atoms with Crippen molar-refractivity contribution in [3.8, 4) is 0 Å². The molecular formula is C12H14N2O2S2. The second kappa shape index (κ2) is 5.07. The molecule has 0 saturated carbocycles. The fraction of sp³-hybridized carbons (Fsp3) is 0.250. The Morgan fingerprint density at radius 1 is 1.33 bits per heavy atom. The predicted octanol–water partition coefficient (Wildman–Crippen LogP) is 2.72. The summed E-state index contributed by atoms with van der Waals surface area (Å²) in [6.07, 6.45) is 2.77. The highest BCUT2D eigenvalue weighted by Gasteiger charge is 2.16. The highest BCUT2D eigenvalue weighted by molar-refractivity contribution is 7.90. The van der Waals surface area contributed by atoms with Gasteiger partial charge in [0, 0.05) is 17.3 Å². The van der Waals surface area contributed by atoms with Crippen molar-refractivity contribution in [3.63, 3.8) is 0 Å². The molecule has 1 atom stereocenters. The molecule has 4 nitrogen and oxygen atoms in total. The summed E-state index contributed by atoms with van der Waals surface area (Å²) in [7, 11) is -3.27. The number of hydrogen-bond donors (Lipinski definition) is 1. The number of nitrogens with zero attached hydrogens (tertiary/aromatic N) is 1. The summed E-state index contributed by atoms with van der Waals surface area (Å²) in [5.74, 6) is 0.404. The Balaban J connectivity index is 2.30. The lowest BCUT2D eigenvalue weighted by molar-refractivity contribution is 0.601. The summed E-state index contributed by atoms with van der Waals surface area (Å²) < 4.78 is 23.3. The van der Waals surface area contributed by atoms with Crippen molar-refractivity contribution in [2.24, 2.45) is 0 Å². The SMILES string of the molecule is CC(Nc1ncccc1S(C)(=O)=O)c1cccs1. The van der Waals surface area contributed by atoms with Crippen LogP contribution in [0.4, 0.5) is 5.82 Å². The van der Waals surface area contributed by atoms with E-state index in [1.54, 1.807) is 29.7 Å². The molecule has 0 amide bonds. The van der Waals surface area contributed by atoms with Crippen LogP contribution in [0.3, 0.4) is 0 Å². The molecule has 0 saturated heterocycles. The maximum Gasteiger partial charge on any atom is 0.179 e. The van der Waals surface area contributed by atoms with Gasteiger partial charge in [-0.15, -0.1) is 11.3 Å². The predicted molar refractivity (Wildman–Crippen MR) is 73.7 cm³/mol. The molecule has 0 radical (unpaired) electrons. The van der Waals surface area contributed by atoms with Gasteiger partial charge in [0.25, 0.3) is 0 Å². The maximum atomic E-state index is 11.6. The van der Waals surface area contributed by atoms with Gasteiger partial charge in [-0.1, -0.05) is 6.07 Å². The zero-order valence-electron chi connectivity index (χ0n) is 10.1. The normalized spacial score (nSPS) is 13.2. The van der Waals surface area contributed by atoms with Crippen molar-refractivity contribution in [2.45, 2.75) is 17.9 Å². The Kier molecular flexibility index (Phi) is 3.68. The largest absolute Gasteiger partial charge is 0.362 e. The molecule has 6 heteroatoms. The van der Waals surface area contributed by atoms with E-state index in [0.29, 0.717) is 5.82 Å². The van der Waals surface area contributed by atoms with Crippen LogP contribution < -0.4 is 5.32 Å². The number of thiophene rings is 1. The smallest absolute Gasteiger partial charge is 0.179 e. The van der Waals surface area contributed by atoms with Crippen LogP contribution in [-0.2, 0) is 9.84 Å². The zero-order chi connectivity index (χ0) is 13.2. The minimum atomic E-state index is -3.27. The molecule has 2 aromatic rings. The van der Waals surface area contributed by atoms with Gasteiger partial charge in [-0.3, -0.25) is 0 Å². The second-order valence-corrected chi connectivity index (χ2v) is 6.97. The Morgan fingerprint density at radius 2 is 2.11 bits per heavy atom. The number of nitrogens with one attached hydrogen (secondary N) is 1. The van der Waals surface area contributed by atoms with Crippen LogP contribution >= 0.6 is 11.3 Å². The van der Waals surface area contributed by atoms with E-state index in [0.717, 1.165) is 4.88 Å². The molecule has 18 heavy (non-hydrogen) atoms. The fourth-order valence-electron chi connectivity index (χ4n) is 1.61. The third kappa shape index (κ3) is 2.88. The van der Waals surface area contributed by atoms with E-state index in [1.807, 2.05) is 24.4 Å². The van der Waals surface area contributed by atoms with E-state index in [2.05, 4.69) is 10.3 Å². The summed E-state index contributed by atoms with van der Waals surface area (Å²) in [5, 5.41) is 5.13. The Morgan fingerprint density at radius 3 is 2.72 bits per heavy atom. The van der Waals surface area contributed by atoms with Gasteiger partial charge in [0.2, 0.25) is 0 Å². The van der Waals surface area contributed by atoms with E-state index in [-0.39, 0.29) is 10.9 Å². The molecule has 0 aliphatic heterocycles. The lowest BCUT2D eigenvalue weighted by Gasteiger charge is -2.15. The van der Waals surface area contributed by atoms with Crippen LogP contribution in [0, 0.1) is 0 Å². The molecule has 1 unspecified atom stereocenters. The van der Waals surface area contributed by atoms with Crippen LogP contribution in [-0.4, -0.2) is 19.7 Å². The van der Waals surface area contributed by atoms with Crippen LogP contribution in [0.5, 0.6) is 0 Å². The summed E-state index contributed by atoms with van der Waals surface area (Å²) in [6, 6.07) is 7.18. The van der Waals surface area contributed by atoms with Crippen molar-refractivity contribution in [1.82, 2.24) is 4.98 Å². The average molecular weight is 282 g/mol. The van der Waals surface area contributed by atoms with Gasteiger partial charge in [-0.05, 0) is 30.5 Å². The van der Waals surface area contributed by atoms with Crippen molar-refractivity contribution in [2.75, 3.05) is 11.6 Å². The molecule has 96 valence electrons. The zero-order valence-corrected chi connectivity index (χ0v) is 11.8. The number of anilines is 1. The highest BCUT2D eigenvalue weighted by atomic mass is 32.2. The van der Waals surface area contributed by atoms with Crippen molar-refractivity contribution < 1.29 is 8.42 Å². The molecule has 0 aromatic carbocycles. The number of aromatic nitrogens is 1. The number of pyridine rings is 1. The molecule has 1 N–H and O–H groups in total. The third-order valence-electron chi connectivity index (χ3n) is 2.49. The molecule has 0 aliphatic carbocycles. The van der Waals surface area contributed by atoms with Crippen LogP contribution in [0.25, 0.3) is 0 Å². The number of hydrogen-bond acceptors (Lipinski definition) is 5. The molecule has 2 aromatic heterocycles. The Hall–Kier alpha value is -1.40. The Labute approximate surface area is 111 Å². The molecule has 0 aliphatic rings. The van der Waals surface area contributed by atoms with Gasteiger partial charge in [0.1, 0.15) is 10.7 Å². The van der Waals surface area contributed by atoms with Gasteiger partial charge < -0.3 is 5.32 Å². The monoisotopic (exact) mass is 282 g/mol. The van der Waals surface area contributed by atoms with E-state index in [1.165, 1.54) is 6.26 Å². The lowest BCUT2D eigenvalue weighted by atomic mass is 10.3. The van der Waals surface area contributed by atoms with Crippen molar-refractivity contribution in [1.29, 1.82) is 0 Å². The molecule has 0 bridgehead atoms. The Bertz CT molecular complexity index is 621. The van der Waals surface area contributed by atoms with Crippen LogP contribution in [0.2, 0.25) is 0 Å². The average Bonchev–Trinajstić information content (AvgIpc) is 2.81. The fourth-order valence-corrected chi connectivity index (χ4v) is 3.14. The van der Waals surface area contributed by atoms with Gasteiger partial charge in [-0.25, -0.2) is 13.4 Å². The molecule has 2 heterocycles. The lowest BCUT2D eigenvalue weighted by Crippen LogP contribution is -2.10. The highest BCUT2D eigenvalue weighted by Crippen LogP contribution is 2.25. The third-order valence-corrected chi connectivity index (χ3v) is 4.68. The molecule has 2 rings (SSSR count). The first-order valence-corrected chi connectivity index (χ1v) is 8.20. The standard InChI is InChI=1S/C12H14N2O2S2/c1-9(10-5-4-8-17-10)14-12-11(18(2,15)16)6-3-7-13-12/h3-9H,1-2H3,(H,13,14). The maximum absolute atomic E-state index is 11.6. The first-order valence-electron chi connectivity index (χ1n) is 5.43. The van der Waals surface area contributed by atoms with E-state index < -0.39 is 9.84 Å².